The van der Waals surface area contributed by atoms with Crippen LogP contribution in [0.3, 0.4) is 0 Å². The molecule has 0 aromatic carbocycles. The van der Waals surface area contributed by atoms with Crippen LogP contribution in [-0.4, -0.2) is 43.5 Å². The number of ketones is 2. The molecule has 0 bridgehead atoms. The van der Waals surface area contributed by atoms with Crippen LogP contribution in [0.5, 0.6) is 0 Å². The predicted octanol–water partition coefficient (Wildman–Crippen LogP) is 4.77. The first-order valence-corrected chi connectivity index (χ1v) is 14.3. The van der Waals surface area contributed by atoms with Crippen molar-refractivity contribution in [2.24, 2.45) is 28.6 Å². The van der Waals surface area contributed by atoms with Gasteiger partial charge in [-0.05, 0) is 68.7 Å². The van der Waals surface area contributed by atoms with Crippen LogP contribution < -0.4 is 0 Å². The summed E-state index contributed by atoms with van der Waals surface area (Å²) in [5.74, 6) is -1.16. The molecule has 38 heavy (non-hydrogen) atoms. The molecule has 2 aromatic rings. The van der Waals surface area contributed by atoms with Crippen LogP contribution >= 0.6 is 11.3 Å². The topological polar surface area (TPSA) is 100 Å². The summed E-state index contributed by atoms with van der Waals surface area (Å²) in [6.07, 6.45) is 6.74. The summed E-state index contributed by atoms with van der Waals surface area (Å²) in [4.78, 5) is 33.6. The molecular formula is C30H33FN2O4S. The first-order chi connectivity index (χ1) is 17.9. The lowest BCUT2D eigenvalue weighted by atomic mass is 9.44. The van der Waals surface area contributed by atoms with Crippen LogP contribution in [0.25, 0.3) is 0 Å². The van der Waals surface area contributed by atoms with Crippen LogP contribution in [0.15, 0.2) is 53.6 Å². The summed E-state index contributed by atoms with van der Waals surface area (Å²) in [6, 6.07) is 5.19. The van der Waals surface area contributed by atoms with Crippen molar-refractivity contribution in [3.63, 3.8) is 0 Å². The van der Waals surface area contributed by atoms with Gasteiger partial charge in [-0.1, -0.05) is 31.6 Å². The van der Waals surface area contributed by atoms with Crippen molar-refractivity contribution in [3.8, 4) is 0 Å². The molecule has 8 heteroatoms. The minimum Gasteiger partial charge on any atom is -0.390 e. The molecule has 0 aliphatic heterocycles. The predicted molar refractivity (Wildman–Crippen MR) is 141 cm³/mol. The molecule has 3 fully saturated rings. The second-order valence-electron chi connectivity index (χ2n) is 12.1. The van der Waals surface area contributed by atoms with E-state index >= 15 is 4.39 Å². The lowest BCUT2D eigenvalue weighted by Gasteiger charge is -2.62. The highest BCUT2D eigenvalue weighted by molar-refractivity contribution is 7.09. The number of thiazole rings is 1. The maximum absolute atomic E-state index is 17.4. The number of rotatable bonds is 4. The normalized spacial score (nSPS) is 41.7. The number of alkyl halides is 1. The van der Waals surface area contributed by atoms with Crippen LogP contribution in [-0.2, 0) is 16.8 Å². The molecule has 6 rings (SSSR count). The molecule has 2 aromatic heterocycles. The minimum absolute atomic E-state index is 0.0793. The van der Waals surface area contributed by atoms with E-state index in [1.165, 1.54) is 23.5 Å². The van der Waals surface area contributed by atoms with Crippen molar-refractivity contribution in [1.82, 2.24) is 9.97 Å². The Hall–Kier alpha value is -2.55. The van der Waals surface area contributed by atoms with Crippen molar-refractivity contribution >= 4 is 22.9 Å². The molecule has 0 unspecified atom stereocenters. The van der Waals surface area contributed by atoms with E-state index in [1.54, 1.807) is 37.4 Å². The SMILES string of the molecule is C[C@@H]1C[C@H]2[C@@H]3CCC4=CC(=O)C=C[C@]4(C)[C@@]3(F)[C@@H](O)C[C@]2(C)[C@@]1(O)c1csc(CC(=O)c2ccccn2)n1. The molecule has 200 valence electrons. The van der Waals surface area contributed by atoms with Crippen LogP contribution in [0, 0.1) is 28.6 Å². The molecule has 8 atom stereocenters. The monoisotopic (exact) mass is 536 g/mol. The molecule has 3 saturated carbocycles. The molecule has 2 N–H and O–H groups in total. The molecule has 0 saturated heterocycles. The first-order valence-electron chi connectivity index (χ1n) is 13.4. The van der Waals surface area contributed by atoms with E-state index in [4.69, 9.17) is 4.98 Å². The lowest BCUT2D eigenvalue weighted by molar-refractivity contribution is -0.223. The average molecular weight is 537 g/mol. The number of allylic oxidation sites excluding steroid dienone is 4. The molecule has 4 aliphatic rings. The standard InChI is InChI=1S/C30H33FN2O4S/c1-17-12-21-20-8-7-18-13-19(34)9-10-27(18,2)29(20,31)25(36)15-28(21,3)30(17,37)24-16-38-26(33-24)14-23(35)22-6-4-5-11-32-22/h4-6,9-11,13,16-17,20-21,25,36-37H,7-8,12,14-15H2,1-3H3/t17-,20+,21+,25+,27+,28+,29+,30+/m1/s1. The summed E-state index contributed by atoms with van der Waals surface area (Å²) in [5, 5.41) is 26.4. The number of aromatic nitrogens is 2. The second kappa shape index (κ2) is 8.47. The number of halogens is 1. The summed E-state index contributed by atoms with van der Waals surface area (Å²) >= 11 is 1.33. The van der Waals surface area contributed by atoms with E-state index in [9.17, 15) is 19.8 Å². The summed E-state index contributed by atoms with van der Waals surface area (Å²) < 4.78 is 17.4. The summed E-state index contributed by atoms with van der Waals surface area (Å²) in [5.41, 5.74) is -3.58. The number of carbonyl (C=O) groups excluding carboxylic acids is 2. The highest BCUT2D eigenvalue weighted by Crippen LogP contribution is 2.72. The number of aliphatic hydroxyl groups is 2. The van der Waals surface area contributed by atoms with Gasteiger partial charge in [-0.3, -0.25) is 14.6 Å². The smallest absolute Gasteiger partial charge is 0.187 e. The van der Waals surface area contributed by atoms with Crippen molar-refractivity contribution in [3.05, 3.63) is 70.0 Å². The summed E-state index contributed by atoms with van der Waals surface area (Å²) in [7, 11) is 0. The molecule has 0 spiro atoms. The molecule has 4 aliphatic carbocycles. The van der Waals surface area contributed by atoms with Gasteiger partial charge in [0.25, 0.3) is 0 Å². The molecule has 0 radical (unpaired) electrons. The zero-order chi connectivity index (χ0) is 27.1. The highest BCUT2D eigenvalue weighted by Gasteiger charge is 2.74. The maximum Gasteiger partial charge on any atom is 0.187 e. The third-order valence-electron chi connectivity index (χ3n) is 10.4. The quantitative estimate of drug-likeness (QED) is 0.546. The Morgan fingerprint density at radius 3 is 2.79 bits per heavy atom. The Balaban J connectivity index is 1.34. The number of fused-ring (bicyclic) bond motifs is 5. The minimum atomic E-state index is -1.94. The van der Waals surface area contributed by atoms with Gasteiger partial charge >= 0.3 is 0 Å². The van der Waals surface area contributed by atoms with Crippen LogP contribution in [0.1, 0.15) is 67.6 Å². The fourth-order valence-electron chi connectivity index (χ4n) is 8.41. The van der Waals surface area contributed by atoms with E-state index in [0.29, 0.717) is 35.7 Å². The number of hydrogen-bond donors (Lipinski definition) is 2. The fraction of sp³-hybridized carbons (Fsp3) is 0.533. The Morgan fingerprint density at radius 2 is 2.05 bits per heavy atom. The highest BCUT2D eigenvalue weighted by atomic mass is 32.1. The zero-order valence-corrected chi connectivity index (χ0v) is 22.7. The number of aliphatic hydroxyl groups excluding tert-OH is 1. The Kier molecular flexibility index (Phi) is 5.73. The maximum atomic E-state index is 17.4. The lowest BCUT2D eigenvalue weighted by Crippen LogP contribution is -2.68. The average Bonchev–Trinajstić information content (AvgIpc) is 3.43. The number of pyridine rings is 1. The van der Waals surface area contributed by atoms with Gasteiger partial charge in [0.05, 0.1) is 18.2 Å². The van der Waals surface area contributed by atoms with Crippen molar-refractivity contribution < 1.29 is 24.2 Å². The number of Topliss-reactive ketones (excluding diaryl/α,β-unsaturated/α-hetero) is 1. The van der Waals surface area contributed by atoms with Crippen molar-refractivity contribution in [2.75, 3.05) is 0 Å². The molecule has 2 heterocycles. The van der Waals surface area contributed by atoms with Gasteiger partial charge in [0.15, 0.2) is 17.2 Å². The number of hydrogen-bond acceptors (Lipinski definition) is 7. The van der Waals surface area contributed by atoms with Crippen LogP contribution in [0.2, 0.25) is 0 Å². The van der Waals surface area contributed by atoms with Crippen LogP contribution in [0.4, 0.5) is 4.39 Å². The van der Waals surface area contributed by atoms with Gasteiger partial charge in [0, 0.05) is 28.3 Å². The zero-order valence-electron chi connectivity index (χ0n) is 21.9. The second-order valence-corrected chi connectivity index (χ2v) is 13.1. The van der Waals surface area contributed by atoms with Gasteiger partial charge in [-0.2, -0.15) is 0 Å². The Bertz CT molecular complexity index is 1370. The fourth-order valence-corrected chi connectivity index (χ4v) is 9.26. The third kappa shape index (κ3) is 3.23. The molecule has 6 nitrogen and oxygen atoms in total. The van der Waals surface area contributed by atoms with Crippen molar-refractivity contribution in [1.29, 1.82) is 0 Å². The molecule has 0 amide bonds. The van der Waals surface area contributed by atoms with Gasteiger partial charge in [0.2, 0.25) is 0 Å². The first kappa shape index (κ1) is 25.7. The summed E-state index contributed by atoms with van der Waals surface area (Å²) in [6.45, 7) is 5.74. The number of carbonyl (C=O) groups is 2. The Labute approximate surface area is 225 Å². The number of nitrogens with zero attached hydrogens (tertiary/aromatic N) is 2. The van der Waals surface area contributed by atoms with E-state index in [2.05, 4.69) is 4.98 Å². The van der Waals surface area contributed by atoms with Crippen molar-refractivity contribution in [2.45, 2.75) is 70.2 Å². The molecular weight excluding hydrogens is 503 g/mol. The van der Waals surface area contributed by atoms with E-state index in [1.807, 2.05) is 19.2 Å². The van der Waals surface area contributed by atoms with E-state index in [0.717, 1.165) is 5.57 Å². The third-order valence-corrected chi connectivity index (χ3v) is 11.3. The van der Waals surface area contributed by atoms with E-state index < -0.39 is 34.1 Å². The van der Waals surface area contributed by atoms with E-state index in [-0.39, 0.29) is 36.2 Å². The van der Waals surface area contributed by atoms with Gasteiger partial charge in [0.1, 0.15) is 16.3 Å². The van der Waals surface area contributed by atoms with Gasteiger partial charge in [-0.15, -0.1) is 11.3 Å². The largest absolute Gasteiger partial charge is 0.390 e. The Morgan fingerprint density at radius 1 is 1.26 bits per heavy atom. The van der Waals surface area contributed by atoms with Gasteiger partial charge < -0.3 is 10.2 Å². The van der Waals surface area contributed by atoms with Gasteiger partial charge in [-0.25, -0.2) is 9.37 Å².